The van der Waals surface area contributed by atoms with Crippen molar-refractivity contribution in [1.82, 2.24) is 4.90 Å². The molecular weight excluding hydrogens is 342 g/mol. The van der Waals surface area contributed by atoms with Gasteiger partial charge >= 0.3 is 0 Å². The Kier molecular flexibility index (Phi) is 4.05. The molecular formula is C26H23NO. The first-order valence-electron chi connectivity index (χ1n) is 9.84. The van der Waals surface area contributed by atoms with Crippen molar-refractivity contribution >= 4 is 5.57 Å². The molecule has 0 saturated carbocycles. The number of phenols is 1. The van der Waals surface area contributed by atoms with E-state index in [1.54, 1.807) is 0 Å². The number of hydrogen-bond acceptors (Lipinski definition) is 2. The van der Waals surface area contributed by atoms with E-state index < -0.39 is 0 Å². The second-order valence-electron chi connectivity index (χ2n) is 7.64. The maximum atomic E-state index is 11.3. The molecule has 1 N–H and O–H groups in total. The van der Waals surface area contributed by atoms with Gasteiger partial charge in [-0.2, -0.15) is 0 Å². The fourth-order valence-corrected chi connectivity index (χ4v) is 4.37. The van der Waals surface area contributed by atoms with E-state index in [0.717, 1.165) is 29.7 Å². The highest BCUT2D eigenvalue weighted by Gasteiger charge is 2.30. The lowest BCUT2D eigenvalue weighted by atomic mass is 9.85. The molecule has 0 aromatic heterocycles. The average molecular weight is 365 g/mol. The summed E-state index contributed by atoms with van der Waals surface area (Å²) >= 11 is 0. The Hall–Kier alpha value is -3.26. The maximum Gasteiger partial charge on any atom is 0.129 e. The van der Waals surface area contributed by atoms with E-state index >= 15 is 0 Å². The van der Waals surface area contributed by atoms with Gasteiger partial charge in [-0.15, -0.1) is 0 Å². The lowest BCUT2D eigenvalue weighted by Gasteiger charge is -2.38. The quantitative estimate of drug-likeness (QED) is 0.613. The third-order valence-electron chi connectivity index (χ3n) is 5.82. The van der Waals surface area contributed by atoms with Crippen LogP contribution >= 0.6 is 0 Å². The summed E-state index contributed by atoms with van der Waals surface area (Å²) in [6.45, 7) is 3.05. The first kappa shape index (κ1) is 16.9. The number of rotatable bonds is 2. The molecule has 0 bridgehead atoms. The zero-order valence-corrected chi connectivity index (χ0v) is 16.0. The smallest absolute Gasteiger partial charge is 0.129 e. The topological polar surface area (TPSA) is 23.5 Å². The van der Waals surface area contributed by atoms with E-state index in [-0.39, 0.29) is 6.04 Å². The molecule has 0 spiro atoms. The Labute approximate surface area is 166 Å². The van der Waals surface area contributed by atoms with Crippen LogP contribution in [-0.2, 0) is 6.42 Å². The normalized spacial score (nSPS) is 17.7. The van der Waals surface area contributed by atoms with Crippen molar-refractivity contribution in [2.75, 3.05) is 6.54 Å². The molecule has 1 unspecified atom stereocenters. The van der Waals surface area contributed by atoms with Gasteiger partial charge in [-0.1, -0.05) is 72.3 Å². The molecule has 2 aliphatic rings. The van der Waals surface area contributed by atoms with E-state index in [0.29, 0.717) is 5.75 Å². The predicted molar refractivity (Wildman–Crippen MR) is 115 cm³/mol. The summed E-state index contributed by atoms with van der Waals surface area (Å²) in [4.78, 5) is 2.33. The molecule has 28 heavy (non-hydrogen) atoms. The number of phenolic OH excluding ortho intramolecular Hbond substituents is 1. The van der Waals surface area contributed by atoms with Crippen molar-refractivity contribution < 1.29 is 5.11 Å². The Bertz CT molecular complexity index is 1090. The molecule has 2 nitrogen and oxygen atoms in total. The molecule has 1 atom stereocenters. The summed E-state index contributed by atoms with van der Waals surface area (Å²) in [7, 11) is 0. The van der Waals surface area contributed by atoms with Crippen molar-refractivity contribution in [3.05, 3.63) is 107 Å². The number of aryl methyl sites for hydroxylation is 1. The first-order valence-corrected chi connectivity index (χ1v) is 9.84. The minimum Gasteiger partial charge on any atom is -0.507 e. The van der Waals surface area contributed by atoms with Gasteiger partial charge < -0.3 is 10.0 Å². The highest BCUT2D eigenvalue weighted by Crippen LogP contribution is 2.44. The van der Waals surface area contributed by atoms with Crippen LogP contribution < -0.4 is 0 Å². The van der Waals surface area contributed by atoms with Gasteiger partial charge in [0.2, 0.25) is 0 Å². The predicted octanol–water partition coefficient (Wildman–Crippen LogP) is 5.88. The zero-order valence-electron chi connectivity index (χ0n) is 16.0. The number of fused-ring (bicyclic) bond motifs is 3. The molecule has 0 amide bonds. The fraction of sp³-hybridized carbons (Fsp3) is 0.154. The number of allylic oxidation sites excluding steroid dienone is 2. The summed E-state index contributed by atoms with van der Waals surface area (Å²) in [6, 6.07) is 23.1. The maximum absolute atomic E-state index is 11.3. The van der Waals surface area contributed by atoms with Gasteiger partial charge in [0, 0.05) is 23.9 Å². The van der Waals surface area contributed by atoms with Crippen LogP contribution in [0.2, 0.25) is 0 Å². The van der Waals surface area contributed by atoms with Crippen molar-refractivity contribution in [3.8, 4) is 16.9 Å². The molecule has 2 aliphatic heterocycles. The van der Waals surface area contributed by atoms with Gasteiger partial charge in [-0.3, -0.25) is 0 Å². The molecule has 2 heterocycles. The SMILES string of the molecule is Cc1cccc(-c2ccc3c(c2O)C2C=C(c4ccccc4)C=CN2CC3)c1. The van der Waals surface area contributed by atoms with E-state index in [4.69, 9.17) is 0 Å². The summed E-state index contributed by atoms with van der Waals surface area (Å²) in [5.74, 6) is 0.414. The fourth-order valence-electron chi connectivity index (χ4n) is 4.37. The molecule has 2 heteroatoms. The van der Waals surface area contributed by atoms with Crippen LogP contribution in [0.15, 0.2) is 85.1 Å². The van der Waals surface area contributed by atoms with Gasteiger partial charge in [0.15, 0.2) is 0 Å². The van der Waals surface area contributed by atoms with Gasteiger partial charge in [0.25, 0.3) is 0 Å². The van der Waals surface area contributed by atoms with Crippen LogP contribution in [0.5, 0.6) is 5.75 Å². The van der Waals surface area contributed by atoms with E-state index in [9.17, 15) is 5.11 Å². The van der Waals surface area contributed by atoms with Crippen LogP contribution in [-0.4, -0.2) is 16.6 Å². The molecule has 0 radical (unpaired) electrons. The summed E-state index contributed by atoms with van der Waals surface area (Å²) in [6.07, 6.45) is 7.59. The van der Waals surface area contributed by atoms with Crippen LogP contribution in [0.4, 0.5) is 0 Å². The third-order valence-corrected chi connectivity index (χ3v) is 5.82. The highest BCUT2D eigenvalue weighted by atomic mass is 16.3. The van der Waals surface area contributed by atoms with Gasteiger partial charge in [-0.25, -0.2) is 0 Å². The molecule has 0 aliphatic carbocycles. The molecule has 5 rings (SSSR count). The second-order valence-corrected chi connectivity index (χ2v) is 7.64. The van der Waals surface area contributed by atoms with Crippen LogP contribution in [0.3, 0.4) is 0 Å². The summed E-state index contributed by atoms with van der Waals surface area (Å²) in [5, 5.41) is 11.3. The molecule has 3 aromatic carbocycles. The molecule has 3 aromatic rings. The minimum atomic E-state index is 0.0636. The Balaban J connectivity index is 1.63. The van der Waals surface area contributed by atoms with Crippen molar-refractivity contribution in [2.45, 2.75) is 19.4 Å². The lowest BCUT2D eigenvalue weighted by Crippen LogP contribution is -2.32. The number of aromatic hydroxyl groups is 1. The summed E-state index contributed by atoms with van der Waals surface area (Å²) < 4.78 is 0. The van der Waals surface area contributed by atoms with E-state index in [1.165, 1.54) is 22.3 Å². The monoisotopic (exact) mass is 365 g/mol. The van der Waals surface area contributed by atoms with Crippen LogP contribution in [0.1, 0.15) is 28.3 Å². The Morgan fingerprint density at radius 3 is 2.57 bits per heavy atom. The molecule has 138 valence electrons. The van der Waals surface area contributed by atoms with Gasteiger partial charge in [0.05, 0.1) is 6.04 Å². The van der Waals surface area contributed by atoms with Crippen molar-refractivity contribution in [2.24, 2.45) is 0 Å². The van der Waals surface area contributed by atoms with E-state index in [1.807, 2.05) is 12.1 Å². The highest BCUT2D eigenvalue weighted by molar-refractivity contribution is 5.78. The second kappa shape index (κ2) is 6.72. The molecule has 0 saturated heterocycles. The lowest BCUT2D eigenvalue weighted by molar-refractivity contribution is 0.297. The zero-order chi connectivity index (χ0) is 19.1. The van der Waals surface area contributed by atoms with Crippen molar-refractivity contribution in [1.29, 1.82) is 0 Å². The van der Waals surface area contributed by atoms with Gasteiger partial charge in [0.1, 0.15) is 5.75 Å². The van der Waals surface area contributed by atoms with E-state index in [2.05, 4.69) is 84.8 Å². The number of nitrogens with zero attached hydrogens (tertiary/aromatic N) is 1. The third kappa shape index (κ3) is 2.82. The largest absolute Gasteiger partial charge is 0.507 e. The minimum absolute atomic E-state index is 0.0636. The standard InChI is InChI=1S/C26H23NO/c1-18-6-5-9-22(16-18)23-11-10-20-12-14-27-15-13-21(19-7-3-2-4-8-19)17-24(27)25(20)26(23)28/h2-11,13,15-17,24,28H,12,14H2,1H3. The number of hydrogen-bond donors (Lipinski definition) is 1. The van der Waals surface area contributed by atoms with Crippen LogP contribution in [0.25, 0.3) is 16.7 Å². The average Bonchev–Trinajstić information content (AvgIpc) is 2.74. The first-order chi connectivity index (χ1) is 13.7. The Morgan fingerprint density at radius 2 is 1.75 bits per heavy atom. The molecule has 0 fully saturated rings. The summed E-state index contributed by atoms with van der Waals surface area (Å²) in [5.41, 5.74) is 7.87. The van der Waals surface area contributed by atoms with Gasteiger partial charge in [-0.05, 0) is 47.8 Å². The number of benzene rings is 3. The van der Waals surface area contributed by atoms with Crippen molar-refractivity contribution in [3.63, 3.8) is 0 Å². The Morgan fingerprint density at radius 1 is 0.929 bits per heavy atom. The van der Waals surface area contributed by atoms with Crippen LogP contribution in [0, 0.1) is 6.92 Å².